The van der Waals surface area contributed by atoms with E-state index in [4.69, 9.17) is 47.4 Å². The monoisotopic (exact) mass is 1690 g/mol. The molecule has 0 amide bonds. The Morgan fingerprint density at radius 3 is 1.02 bits per heavy atom. The van der Waals surface area contributed by atoms with Crippen LogP contribution in [0.3, 0.4) is 0 Å². The average Bonchev–Trinajstić information content (AvgIpc) is 0.776. The van der Waals surface area contributed by atoms with Crippen LogP contribution in [-0.4, -0.2) is 136 Å². The summed E-state index contributed by atoms with van der Waals surface area (Å²) in [5.41, 5.74) is 17.0. The second-order valence-electron chi connectivity index (χ2n) is 31.0. The van der Waals surface area contributed by atoms with E-state index < -0.39 is 0 Å². The van der Waals surface area contributed by atoms with Crippen LogP contribution in [0.2, 0.25) is 0 Å². The fourth-order valence-electron chi connectivity index (χ4n) is 12.0. The summed E-state index contributed by atoms with van der Waals surface area (Å²) in [7, 11) is 19.7. The molecule has 0 aliphatic carbocycles. The maximum atomic E-state index is 6.13. The summed E-state index contributed by atoms with van der Waals surface area (Å²) in [6.45, 7) is 34.0. The smallest absolute Gasteiger partial charge is 0.188 e. The summed E-state index contributed by atoms with van der Waals surface area (Å²) in [6.07, 6.45) is 9.59. The number of rotatable bonds is 30. The molecule has 5 unspecified atom stereocenters. The average molecular weight is 1690 g/mol. The fourth-order valence-corrected chi connectivity index (χ4v) is 18.5. The summed E-state index contributed by atoms with van der Waals surface area (Å²) >= 11 is 0. The molecule has 0 bridgehead atoms. The van der Waals surface area contributed by atoms with E-state index in [-0.39, 0.29) is 50.2 Å². The van der Waals surface area contributed by atoms with Crippen LogP contribution in [0.4, 0.5) is 0 Å². The number of hydrogen-bond donors (Lipinski definition) is 0. The van der Waals surface area contributed by atoms with Crippen LogP contribution in [0.1, 0.15) is 140 Å². The third-order valence-corrected chi connectivity index (χ3v) is 24.9. The molecule has 0 saturated carbocycles. The number of benzene rings is 10. The zero-order valence-corrected chi connectivity index (χ0v) is 79.1. The van der Waals surface area contributed by atoms with Crippen molar-refractivity contribution in [2.45, 2.75) is 120 Å². The predicted octanol–water partition coefficient (Wildman–Crippen LogP) is 17.5. The van der Waals surface area contributed by atoms with Crippen molar-refractivity contribution in [3.63, 3.8) is 0 Å². The van der Waals surface area contributed by atoms with Gasteiger partial charge in [-0.2, -0.15) is 0 Å². The molecule has 10 aromatic rings. The van der Waals surface area contributed by atoms with E-state index in [1.165, 1.54) is 103 Å². The number of hydrogen-bond acceptors (Lipinski definition) is 15. The topological polar surface area (TPSA) is 154 Å². The molecule has 628 valence electrons. The van der Waals surface area contributed by atoms with Gasteiger partial charge >= 0.3 is 0 Å². The second kappa shape index (κ2) is 50.5. The Bertz CT molecular complexity index is 4900. The Kier molecular flexibility index (Phi) is 42.1. The van der Waals surface area contributed by atoms with Crippen LogP contribution in [0.5, 0.6) is 28.7 Å². The Morgan fingerprint density at radius 2 is 0.585 bits per heavy atom. The summed E-state index contributed by atoms with van der Waals surface area (Å²) in [5, 5.41) is 12.3. The molecule has 0 aliphatic rings. The van der Waals surface area contributed by atoms with Gasteiger partial charge in [0, 0.05) is 151 Å². The number of methoxy groups -OCH3 is 5. The standard InChI is InChI=1S/C24H34NO2P.C21H28NO2P.2C18H22NO2P.C17H20NO2P/c1-23(2,3)18-13-19(24(4,5)6)22(27-16-26-8)21(14-18)28-20-12-10-9-11-17(20)15-25-7;1-15-11-17(21(2,3)4)12-19(20(15)24-14-23-6)25-18-10-8-7-9-16(18)13-22-5;1-13-6-8-17(15(9-13)11-19-3)22-18-10-14(2)5-7-16(18)21-12-20-4;1-13-8-9-16(15(10-13)11-19-3)22-17-7-5-6-14(2)18(17)21-12-20-4;1-13-8-9-16(14(10-13)11-18-2)21-17-7-5-4-6-15(17)20-12-19-3/h9-15,28H,16H2,1-8H3;7-13,25H,14H2,1-6H3;2*5-11,22H,12H2,1-4H3;4-11,21H,12H2,1-3H3. The van der Waals surface area contributed by atoms with Crippen molar-refractivity contribution in [1.82, 2.24) is 0 Å². The first-order chi connectivity index (χ1) is 56.5. The highest BCUT2D eigenvalue weighted by Gasteiger charge is 2.27. The van der Waals surface area contributed by atoms with Crippen molar-refractivity contribution >= 4 is 127 Å². The molecular weight excluding hydrogens is 1560 g/mol. The molecule has 0 heterocycles. The Balaban J connectivity index is 0.000000230. The van der Waals surface area contributed by atoms with Gasteiger partial charge in [-0.1, -0.05) is 267 Å². The highest BCUT2D eigenvalue weighted by atomic mass is 31.1. The molecule has 118 heavy (non-hydrogen) atoms. The first-order valence-corrected chi connectivity index (χ1v) is 44.2. The molecule has 0 aliphatic heterocycles. The zero-order valence-electron chi connectivity index (χ0n) is 74.1. The molecule has 0 fully saturated rings. The van der Waals surface area contributed by atoms with E-state index >= 15 is 0 Å². The number of aliphatic imine (C=N–C) groups is 5. The van der Waals surface area contributed by atoms with Crippen molar-refractivity contribution in [2.75, 3.05) is 105 Å². The van der Waals surface area contributed by atoms with Gasteiger partial charge in [0.2, 0.25) is 0 Å². The largest absolute Gasteiger partial charge is 0.467 e. The quantitative estimate of drug-likeness (QED) is 0.0241. The van der Waals surface area contributed by atoms with Gasteiger partial charge in [-0.25, -0.2) is 0 Å². The highest BCUT2D eigenvalue weighted by Crippen LogP contribution is 2.38. The minimum atomic E-state index is -0.0338. The van der Waals surface area contributed by atoms with Gasteiger partial charge < -0.3 is 47.4 Å². The number of aryl methyl sites for hydroxylation is 6. The molecular formula is C98H126N5O10P5. The van der Waals surface area contributed by atoms with Gasteiger partial charge in [-0.3, -0.25) is 25.0 Å². The van der Waals surface area contributed by atoms with E-state index in [1.54, 1.807) is 63.7 Å². The van der Waals surface area contributed by atoms with Crippen LogP contribution >= 0.6 is 42.9 Å². The first kappa shape index (κ1) is 98.3. The van der Waals surface area contributed by atoms with Gasteiger partial charge in [-0.05, 0) is 166 Å². The molecule has 15 nitrogen and oxygen atoms in total. The van der Waals surface area contributed by atoms with Crippen molar-refractivity contribution in [1.29, 1.82) is 0 Å². The fraction of sp³-hybridized carbons (Fsp3) is 0.337. The van der Waals surface area contributed by atoms with Crippen LogP contribution in [0.25, 0.3) is 0 Å². The van der Waals surface area contributed by atoms with Gasteiger partial charge in [0.1, 0.15) is 28.7 Å². The van der Waals surface area contributed by atoms with Gasteiger partial charge in [0.15, 0.2) is 34.0 Å². The van der Waals surface area contributed by atoms with E-state index in [0.717, 1.165) is 56.6 Å². The number of nitrogens with zero attached hydrogens (tertiary/aromatic N) is 5. The highest BCUT2D eigenvalue weighted by molar-refractivity contribution is 7.57. The molecule has 10 rings (SSSR count). The molecule has 0 N–H and O–H groups in total. The third kappa shape index (κ3) is 31.9. The summed E-state index contributed by atoms with van der Waals surface area (Å²) < 4.78 is 54.5. The molecule has 0 aromatic heterocycles. The lowest BCUT2D eigenvalue weighted by atomic mass is 9.80. The number of ether oxygens (including phenoxy) is 10. The van der Waals surface area contributed by atoms with Crippen LogP contribution in [0, 0.1) is 41.5 Å². The molecule has 0 spiro atoms. The van der Waals surface area contributed by atoms with Gasteiger partial charge in [0.25, 0.3) is 0 Å². The zero-order chi connectivity index (χ0) is 86.4. The second-order valence-corrected chi connectivity index (χ2v) is 37.7. The first-order valence-electron chi connectivity index (χ1n) is 39.2. The Labute approximate surface area is 714 Å². The van der Waals surface area contributed by atoms with Crippen LogP contribution in [-0.2, 0) is 39.9 Å². The maximum absolute atomic E-state index is 6.13. The summed E-state index contributed by atoms with van der Waals surface area (Å²) in [5.74, 6) is 4.55. The van der Waals surface area contributed by atoms with E-state index in [9.17, 15) is 0 Å². The van der Waals surface area contributed by atoms with Crippen molar-refractivity contribution in [2.24, 2.45) is 25.0 Å². The molecule has 0 radical (unpaired) electrons. The lowest BCUT2D eigenvalue weighted by molar-refractivity contribution is 0.0505. The number of para-hydroxylation sites is 2. The summed E-state index contributed by atoms with van der Waals surface area (Å²) in [6, 6.07) is 65.9. The lowest BCUT2D eigenvalue weighted by Crippen LogP contribution is -2.24. The van der Waals surface area contributed by atoms with Crippen molar-refractivity contribution in [3.8, 4) is 28.7 Å². The van der Waals surface area contributed by atoms with Crippen molar-refractivity contribution < 1.29 is 47.4 Å². The minimum absolute atomic E-state index is 0.0338. The SMILES string of the molecule is CN=Cc1cc(C)ccc1Pc1cc(C)ccc1OCOC.CN=Cc1cc(C)ccc1Pc1cccc(C)c1OCOC.CN=Cc1cc(C)ccc1Pc1ccccc1OCOC.CN=Cc1ccccc1Pc1cc(C(C)(C)C)cc(C(C)(C)C)c1OCOC.CN=Cc1ccccc1Pc1cc(C(C)(C)C)cc(C)c1OCOC. The molecule has 0 saturated heterocycles. The van der Waals surface area contributed by atoms with Crippen LogP contribution < -0.4 is 76.7 Å². The summed E-state index contributed by atoms with van der Waals surface area (Å²) in [4.78, 5) is 20.9. The molecule has 5 atom stereocenters. The molecule has 20 heteroatoms. The van der Waals surface area contributed by atoms with E-state index in [1.807, 2.05) is 68.5 Å². The van der Waals surface area contributed by atoms with Crippen LogP contribution in [0.15, 0.2) is 213 Å². The normalized spacial score (nSPS) is 12.1. The van der Waals surface area contributed by atoms with E-state index in [2.05, 4.69) is 287 Å². The van der Waals surface area contributed by atoms with Crippen molar-refractivity contribution in [3.05, 3.63) is 266 Å². The van der Waals surface area contributed by atoms with Gasteiger partial charge in [-0.15, -0.1) is 0 Å². The maximum Gasteiger partial charge on any atom is 0.188 e. The Morgan fingerprint density at radius 1 is 0.263 bits per heavy atom. The Hall–Kier alpha value is -8.50. The third-order valence-electron chi connectivity index (χ3n) is 18.0. The van der Waals surface area contributed by atoms with Gasteiger partial charge in [0.05, 0.1) is 0 Å². The van der Waals surface area contributed by atoms with E-state index in [0.29, 0.717) is 42.9 Å². The molecule has 10 aromatic carbocycles. The predicted molar refractivity (Wildman–Crippen MR) is 517 cm³/mol. The lowest BCUT2D eigenvalue weighted by Gasteiger charge is -2.29. The minimum Gasteiger partial charge on any atom is -0.467 e.